The summed E-state index contributed by atoms with van der Waals surface area (Å²) in [5.74, 6) is -1.52. The van der Waals surface area contributed by atoms with E-state index in [1.807, 2.05) is 36.4 Å². The number of nitrogens with zero attached hydrogens (tertiary/aromatic N) is 1. The van der Waals surface area contributed by atoms with Crippen LogP contribution in [0.15, 0.2) is 48.5 Å². The highest BCUT2D eigenvalue weighted by Crippen LogP contribution is 2.44. The molecule has 0 radical (unpaired) electrons. The molecule has 1 fully saturated rings. The van der Waals surface area contributed by atoms with E-state index in [9.17, 15) is 19.5 Å². The van der Waals surface area contributed by atoms with Crippen LogP contribution in [-0.2, 0) is 19.1 Å². The summed E-state index contributed by atoms with van der Waals surface area (Å²) in [4.78, 5) is 38.1. The van der Waals surface area contributed by atoms with Gasteiger partial charge < -0.3 is 24.8 Å². The molecular weight excluding hydrogens is 424 g/mol. The number of nitrogens with one attached hydrogen (secondary N) is 1. The molecule has 2 atom stereocenters. The van der Waals surface area contributed by atoms with E-state index in [0.717, 1.165) is 22.3 Å². The molecule has 8 nitrogen and oxygen atoms in total. The number of ether oxygens (including phenoxy) is 2. The summed E-state index contributed by atoms with van der Waals surface area (Å²) in [6.45, 7) is 2.11. The van der Waals surface area contributed by atoms with Crippen molar-refractivity contribution in [2.45, 2.75) is 37.3 Å². The average molecular weight is 453 g/mol. The van der Waals surface area contributed by atoms with Crippen LogP contribution < -0.4 is 5.32 Å². The zero-order valence-electron chi connectivity index (χ0n) is 18.7. The Hall–Kier alpha value is -3.39. The first-order valence-electron chi connectivity index (χ1n) is 11.0. The van der Waals surface area contributed by atoms with Gasteiger partial charge in [0.1, 0.15) is 6.61 Å². The van der Waals surface area contributed by atoms with Crippen LogP contribution in [0.5, 0.6) is 0 Å². The fourth-order valence-electron chi connectivity index (χ4n) is 4.66. The van der Waals surface area contributed by atoms with Crippen molar-refractivity contribution in [3.8, 4) is 11.1 Å². The lowest BCUT2D eigenvalue weighted by Crippen LogP contribution is -2.56. The largest absolute Gasteiger partial charge is 0.479 e. The topological polar surface area (TPSA) is 105 Å². The van der Waals surface area contributed by atoms with E-state index in [4.69, 9.17) is 9.47 Å². The Morgan fingerprint density at radius 3 is 2.30 bits per heavy atom. The highest BCUT2D eigenvalue weighted by molar-refractivity contribution is 5.88. The summed E-state index contributed by atoms with van der Waals surface area (Å²) < 4.78 is 10.7. The maximum atomic E-state index is 12.7. The Kier molecular flexibility index (Phi) is 6.37. The van der Waals surface area contributed by atoms with Gasteiger partial charge in [0.15, 0.2) is 5.54 Å². The van der Waals surface area contributed by atoms with E-state index in [-0.39, 0.29) is 44.5 Å². The summed E-state index contributed by atoms with van der Waals surface area (Å²) in [7, 11) is 1.46. The van der Waals surface area contributed by atoms with Gasteiger partial charge in [0.05, 0.1) is 6.61 Å². The molecule has 0 saturated carbocycles. The zero-order valence-corrected chi connectivity index (χ0v) is 18.7. The van der Waals surface area contributed by atoms with Crippen molar-refractivity contribution in [1.82, 2.24) is 10.2 Å². The van der Waals surface area contributed by atoms with Gasteiger partial charge in [-0.2, -0.15) is 0 Å². The average Bonchev–Trinajstić information content (AvgIpc) is 3.41. The molecule has 0 aromatic heterocycles. The lowest BCUT2D eigenvalue weighted by molar-refractivity contribution is -0.158. The van der Waals surface area contributed by atoms with E-state index in [1.165, 1.54) is 11.9 Å². The van der Waals surface area contributed by atoms with Crippen molar-refractivity contribution in [3.63, 3.8) is 0 Å². The number of likely N-dealkylation sites (N-methyl/N-ethyl adjacent to an activating group) is 1. The number of aliphatic carboxylic acids is 1. The highest BCUT2D eigenvalue weighted by atomic mass is 16.5. The first kappa shape index (κ1) is 22.8. The van der Waals surface area contributed by atoms with Crippen LogP contribution in [0.2, 0.25) is 0 Å². The van der Waals surface area contributed by atoms with Crippen molar-refractivity contribution in [3.05, 3.63) is 59.7 Å². The molecule has 2 aliphatic rings. The normalized spacial score (nSPS) is 19.9. The Balaban J connectivity index is 1.33. The maximum Gasteiger partial charge on any atom is 0.407 e. The van der Waals surface area contributed by atoms with E-state index >= 15 is 0 Å². The molecule has 0 spiro atoms. The van der Waals surface area contributed by atoms with Gasteiger partial charge in [-0.1, -0.05) is 48.5 Å². The van der Waals surface area contributed by atoms with Gasteiger partial charge in [-0.05, 0) is 29.2 Å². The number of rotatable bonds is 7. The Morgan fingerprint density at radius 2 is 1.76 bits per heavy atom. The molecule has 2 amide bonds. The molecule has 2 aromatic carbocycles. The third-order valence-corrected chi connectivity index (χ3v) is 6.60. The SMILES string of the molecule is CC(CC(=O)N(C)C1(C(=O)O)CCOC1)NC(=O)OCC1c2ccccc2-c2ccccc21. The number of alkyl carbamates (subject to hydrolysis) is 1. The number of carboxylic acids is 1. The summed E-state index contributed by atoms with van der Waals surface area (Å²) >= 11 is 0. The van der Waals surface area contributed by atoms with Crippen LogP contribution in [0, 0.1) is 0 Å². The molecule has 1 heterocycles. The molecule has 8 heteroatoms. The summed E-state index contributed by atoms with van der Waals surface area (Å²) in [5.41, 5.74) is 3.17. The number of hydrogen-bond donors (Lipinski definition) is 2. The third-order valence-electron chi connectivity index (χ3n) is 6.60. The lowest BCUT2D eigenvalue weighted by Gasteiger charge is -2.34. The second kappa shape index (κ2) is 9.23. The molecule has 4 rings (SSSR count). The zero-order chi connectivity index (χ0) is 23.6. The van der Waals surface area contributed by atoms with Gasteiger partial charge in [-0.3, -0.25) is 4.79 Å². The van der Waals surface area contributed by atoms with Crippen LogP contribution in [0.3, 0.4) is 0 Å². The minimum atomic E-state index is -1.36. The van der Waals surface area contributed by atoms with Gasteiger partial charge in [0, 0.05) is 38.5 Å². The monoisotopic (exact) mass is 452 g/mol. The number of carbonyl (C=O) groups is 3. The van der Waals surface area contributed by atoms with Crippen LogP contribution in [0.1, 0.15) is 36.8 Å². The first-order chi connectivity index (χ1) is 15.8. The summed E-state index contributed by atoms with van der Waals surface area (Å²) in [5, 5.41) is 12.3. The van der Waals surface area contributed by atoms with Crippen molar-refractivity contribution in [2.75, 3.05) is 26.9 Å². The molecular formula is C25H28N2O6. The maximum absolute atomic E-state index is 12.7. The van der Waals surface area contributed by atoms with E-state index < -0.39 is 23.6 Å². The second-order valence-electron chi connectivity index (χ2n) is 8.67. The Bertz CT molecular complexity index is 1020. The number of carbonyl (C=O) groups excluding carboxylic acids is 2. The molecule has 1 aliphatic carbocycles. The van der Waals surface area contributed by atoms with Gasteiger partial charge >= 0.3 is 12.1 Å². The lowest BCUT2D eigenvalue weighted by atomic mass is 9.96. The molecule has 1 saturated heterocycles. The Labute approximate surface area is 192 Å². The molecule has 174 valence electrons. The summed E-state index contributed by atoms with van der Waals surface area (Å²) in [6.07, 6.45) is -0.425. The predicted molar refractivity (Wildman–Crippen MR) is 121 cm³/mol. The van der Waals surface area contributed by atoms with Crippen LogP contribution >= 0.6 is 0 Å². The van der Waals surface area contributed by atoms with Gasteiger partial charge in [0.2, 0.25) is 5.91 Å². The fraction of sp³-hybridized carbons (Fsp3) is 0.400. The molecule has 33 heavy (non-hydrogen) atoms. The fourth-order valence-corrected chi connectivity index (χ4v) is 4.66. The number of carboxylic acid groups (broad SMARTS) is 1. The van der Waals surface area contributed by atoms with Crippen molar-refractivity contribution in [2.24, 2.45) is 0 Å². The van der Waals surface area contributed by atoms with Crippen LogP contribution in [0.4, 0.5) is 4.79 Å². The van der Waals surface area contributed by atoms with Gasteiger partial charge in [-0.25, -0.2) is 9.59 Å². The smallest absolute Gasteiger partial charge is 0.407 e. The second-order valence-corrected chi connectivity index (χ2v) is 8.67. The van der Waals surface area contributed by atoms with Crippen molar-refractivity contribution < 1.29 is 29.0 Å². The molecule has 2 N–H and O–H groups in total. The van der Waals surface area contributed by atoms with Crippen molar-refractivity contribution in [1.29, 1.82) is 0 Å². The molecule has 2 unspecified atom stereocenters. The minimum absolute atomic E-state index is 0.0429. The van der Waals surface area contributed by atoms with Gasteiger partial charge in [0.25, 0.3) is 0 Å². The summed E-state index contributed by atoms with van der Waals surface area (Å²) in [6, 6.07) is 15.6. The number of hydrogen-bond acceptors (Lipinski definition) is 5. The standard InChI is InChI=1S/C25H28N2O6/c1-16(13-22(28)27(2)25(23(29)30)11-12-32-15-25)26-24(31)33-14-21-19-9-5-3-7-17(19)18-8-4-6-10-20(18)21/h3-10,16,21H,11-15H2,1-2H3,(H,26,31)(H,29,30). The molecule has 1 aliphatic heterocycles. The highest BCUT2D eigenvalue weighted by Gasteiger charge is 2.48. The Morgan fingerprint density at radius 1 is 1.15 bits per heavy atom. The number of benzene rings is 2. The van der Waals surface area contributed by atoms with Crippen LogP contribution in [0.25, 0.3) is 11.1 Å². The quantitative estimate of drug-likeness (QED) is 0.669. The first-order valence-corrected chi connectivity index (χ1v) is 11.0. The van der Waals surface area contributed by atoms with E-state index in [2.05, 4.69) is 17.4 Å². The number of fused-ring (bicyclic) bond motifs is 3. The third kappa shape index (κ3) is 4.30. The molecule has 0 bridgehead atoms. The van der Waals surface area contributed by atoms with E-state index in [1.54, 1.807) is 6.92 Å². The predicted octanol–water partition coefficient (Wildman–Crippen LogP) is 3.01. The minimum Gasteiger partial charge on any atom is -0.479 e. The van der Waals surface area contributed by atoms with Gasteiger partial charge in [-0.15, -0.1) is 0 Å². The number of amides is 2. The molecule has 2 aromatic rings. The van der Waals surface area contributed by atoms with Crippen molar-refractivity contribution >= 4 is 18.0 Å². The van der Waals surface area contributed by atoms with Crippen LogP contribution in [-0.4, -0.2) is 66.4 Å². The van der Waals surface area contributed by atoms with E-state index in [0.29, 0.717) is 0 Å².